The number of nitrogens with one attached hydrogen (secondary N) is 1. The molecule has 2 fully saturated rings. The molecule has 2 heterocycles. The second kappa shape index (κ2) is 13.5. The molecule has 6 rings (SSSR count). The Hall–Kier alpha value is -3.38. The van der Waals surface area contributed by atoms with Gasteiger partial charge in [0.1, 0.15) is 17.4 Å². The van der Waals surface area contributed by atoms with Crippen molar-refractivity contribution >= 4 is 23.1 Å². The quantitative estimate of drug-likeness (QED) is 0.204. The SMILES string of the molecule is CCCCCCCOc1ccc(-c2ccc(Nc3nc(N4CCOC(C5CC5)C4)cc4c3CC(C(C)C)C4=O)cc2)cc1. The molecule has 6 heteroatoms. The van der Waals surface area contributed by atoms with Gasteiger partial charge in [0, 0.05) is 35.8 Å². The minimum Gasteiger partial charge on any atom is -0.494 e. The first-order valence-electron chi connectivity index (χ1n) is 16.5. The molecule has 43 heavy (non-hydrogen) atoms. The van der Waals surface area contributed by atoms with Gasteiger partial charge >= 0.3 is 0 Å². The number of Topliss-reactive ketones (excluding diaryl/α,β-unsaturated/α-hetero) is 1. The summed E-state index contributed by atoms with van der Waals surface area (Å²) in [5.74, 6) is 3.84. The van der Waals surface area contributed by atoms with Gasteiger partial charge < -0.3 is 19.7 Å². The van der Waals surface area contributed by atoms with Crippen molar-refractivity contribution in [1.29, 1.82) is 0 Å². The predicted octanol–water partition coefficient (Wildman–Crippen LogP) is 8.47. The third kappa shape index (κ3) is 7.06. The van der Waals surface area contributed by atoms with Crippen LogP contribution in [0.1, 0.15) is 81.6 Å². The zero-order valence-electron chi connectivity index (χ0n) is 26.1. The average molecular weight is 582 g/mol. The van der Waals surface area contributed by atoms with Crippen molar-refractivity contribution in [2.75, 3.05) is 36.5 Å². The van der Waals surface area contributed by atoms with Crippen LogP contribution >= 0.6 is 0 Å². The van der Waals surface area contributed by atoms with Crippen molar-refractivity contribution in [3.05, 3.63) is 65.7 Å². The Bertz CT molecular complexity index is 1380. The highest BCUT2D eigenvalue weighted by molar-refractivity contribution is 6.04. The van der Waals surface area contributed by atoms with Gasteiger partial charge in [-0.15, -0.1) is 0 Å². The first kappa shape index (κ1) is 29.7. The molecule has 0 amide bonds. The van der Waals surface area contributed by atoms with Crippen LogP contribution in [0.5, 0.6) is 5.75 Å². The number of aromatic nitrogens is 1. The molecule has 3 aromatic rings. The maximum Gasteiger partial charge on any atom is 0.167 e. The number of ether oxygens (including phenoxy) is 2. The highest BCUT2D eigenvalue weighted by Crippen LogP contribution is 2.40. The van der Waals surface area contributed by atoms with Gasteiger partial charge in [-0.1, -0.05) is 70.7 Å². The third-order valence-corrected chi connectivity index (χ3v) is 9.36. The number of hydrogen-bond donors (Lipinski definition) is 1. The summed E-state index contributed by atoms with van der Waals surface area (Å²) in [6.07, 6.45) is 9.72. The molecule has 3 aliphatic rings. The van der Waals surface area contributed by atoms with Gasteiger partial charge in [0.05, 0.1) is 19.3 Å². The van der Waals surface area contributed by atoms with Crippen LogP contribution in [0, 0.1) is 17.8 Å². The fraction of sp³-hybridized carbons (Fsp3) is 0.514. The Morgan fingerprint density at radius 1 is 1.00 bits per heavy atom. The van der Waals surface area contributed by atoms with Gasteiger partial charge in [-0.2, -0.15) is 0 Å². The van der Waals surface area contributed by atoms with Gasteiger partial charge in [0.25, 0.3) is 0 Å². The van der Waals surface area contributed by atoms with Gasteiger partial charge in [-0.3, -0.25) is 4.79 Å². The van der Waals surface area contributed by atoms with E-state index in [0.717, 1.165) is 77.9 Å². The summed E-state index contributed by atoms with van der Waals surface area (Å²) in [5.41, 5.74) is 5.16. The first-order chi connectivity index (χ1) is 21.0. The molecule has 6 nitrogen and oxygen atoms in total. The van der Waals surface area contributed by atoms with E-state index in [9.17, 15) is 4.79 Å². The lowest BCUT2D eigenvalue weighted by Crippen LogP contribution is -2.44. The van der Waals surface area contributed by atoms with Crippen molar-refractivity contribution in [2.45, 2.75) is 78.2 Å². The fourth-order valence-electron chi connectivity index (χ4n) is 6.46. The Labute approximate surface area is 257 Å². The highest BCUT2D eigenvalue weighted by atomic mass is 16.5. The normalized spacial score (nSPS) is 20.0. The number of benzene rings is 2. The summed E-state index contributed by atoms with van der Waals surface area (Å²) in [4.78, 5) is 20.9. The molecular weight excluding hydrogens is 534 g/mol. The first-order valence-corrected chi connectivity index (χ1v) is 16.5. The molecule has 228 valence electrons. The molecule has 0 bridgehead atoms. The highest BCUT2D eigenvalue weighted by Gasteiger charge is 2.38. The molecule has 2 unspecified atom stereocenters. The van der Waals surface area contributed by atoms with Crippen LogP contribution < -0.4 is 15.0 Å². The minimum atomic E-state index is 0.00638. The summed E-state index contributed by atoms with van der Waals surface area (Å²) in [7, 11) is 0. The summed E-state index contributed by atoms with van der Waals surface area (Å²) >= 11 is 0. The van der Waals surface area contributed by atoms with Crippen LogP contribution in [0.2, 0.25) is 0 Å². The lowest BCUT2D eigenvalue weighted by Gasteiger charge is -2.34. The molecule has 1 N–H and O–H groups in total. The number of pyridine rings is 1. The Morgan fingerprint density at radius 2 is 1.72 bits per heavy atom. The van der Waals surface area contributed by atoms with Crippen molar-refractivity contribution in [2.24, 2.45) is 17.8 Å². The largest absolute Gasteiger partial charge is 0.494 e. The van der Waals surface area contributed by atoms with Gasteiger partial charge in [-0.25, -0.2) is 4.98 Å². The maximum absolute atomic E-state index is 13.5. The van der Waals surface area contributed by atoms with Gasteiger partial charge in [0.2, 0.25) is 0 Å². The fourth-order valence-corrected chi connectivity index (χ4v) is 6.46. The number of rotatable bonds is 13. The number of hydrogen-bond acceptors (Lipinski definition) is 6. The van der Waals surface area contributed by atoms with Crippen LogP contribution in [-0.2, 0) is 11.2 Å². The van der Waals surface area contributed by atoms with Crippen LogP contribution in [0.4, 0.5) is 17.3 Å². The van der Waals surface area contributed by atoms with Crippen LogP contribution in [0.15, 0.2) is 54.6 Å². The number of carbonyl (C=O) groups excluding carboxylic acids is 1. The number of fused-ring (bicyclic) bond motifs is 1. The van der Waals surface area contributed by atoms with Crippen LogP contribution in [-0.4, -0.2) is 43.2 Å². The molecule has 2 aliphatic carbocycles. The molecule has 2 atom stereocenters. The van der Waals surface area contributed by atoms with E-state index in [1.54, 1.807) is 0 Å². The van der Waals surface area contributed by atoms with E-state index in [0.29, 0.717) is 18.4 Å². The molecule has 0 spiro atoms. The van der Waals surface area contributed by atoms with Crippen LogP contribution in [0.25, 0.3) is 11.1 Å². The van der Waals surface area contributed by atoms with E-state index < -0.39 is 0 Å². The van der Waals surface area contributed by atoms with Crippen molar-refractivity contribution in [3.8, 4) is 16.9 Å². The Morgan fingerprint density at radius 3 is 2.42 bits per heavy atom. The average Bonchev–Trinajstić information content (AvgIpc) is 3.83. The minimum absolute atomic E-state index is 0.00638. The second-order valence-electron chi connectivity index (χ2n) is 13.0. The van der Waals surface area contributed by atoms with Crippen molar-refractivity contribution in [3.63, 3.8) is 0 Å². The zero-order valence-corrected chi connectivity index (χ0v) is 26.1. The molecular formula is C37H47N3O3. The van der Waals surface area contributed by atoms with Gasteiger partial charge in [-0.05, 0) is 79.0 Å². The van der Waals surface area contributed by atoms with E-state index in [2.05, 4.69) is 79.5 Å². The molecule has 1 saturated carbocycles. The number of nitrogens with zero attached hydrogens (tertiary/aromatic N) is 2. The molecule has 2 aromatic carbocycles. The molecule has 0 radical (unpaired) electrons. The van der Waals surface area contributed by atoms with E-state index in [4.69, 9.17) is 14.5 Å². The Kier molecular flexibility index (Phi) is 9.32. The number of morpholine rings is 1. The van der Waals surface area contributed by atoms with Crippen LogP contribution in [0.3, 0.4) is 0 Å². The summed E-state index contributed by atoms with van der Waals surface area (Å²) in [6.45, 7) is 9.65. The van der Waals surface area contributed by atoms with Crippen molar-refractivity contribution < 1.29 is 14.3 Å². The standard InChI is InChI=1S/C37H47N3O3/c1-4-5-6-7-8-20-42-30-17-13-27(14-18-30)26-11-15-29(16-12-26)38-37-33-22-31(25(2)3)36(41)32(33)23-35(39-37)40-19-21-43-34(24-40)28-9-10-28/h11-18,23,25,28,31,34H,4-10,19-22,24H2,1-3H3,(H,38,39). The summed E-state index contributed by atoms with van der Waals surface area (Å²) in [6, 6.07) is 18.9. The van der Waals surface area contributed by atoms with E-state index >= 15 is 0 Å². The molecule has 1 saturated heterocycles. The zero-order chi connectivity index (χ0) is 29.8. The second-order valence-corrected chi connectivity index (χ2v) is 13.0. The van der Waals surface area contributed by atoms with E-state index in [-0.39, 0.29) is 17.8 Å². The smallest absolute Gasteiger partial charge is 0.167 e. The van der Waals surface area contributed by atoms with Crippen molar-refractivity contribution in [1.82, 2.24) is 4.98 Å². The van der Waals surface area contributed by atoms with E-state index in [1.165, 1.54) is 38.5 Å². The topological polar surface area (TPSA) is 63.7 Å². The molecule has 1 aliphatic heterocycles. The Balaban J connectivity index is 1.16. The van der Waals surface area contributed by atoms with Gasteiger partial charge in [0.15, 0.2) is 5.78 Å². The lowest BCUT2D eigenvalue weighted by molar-refractivity contribution is 0.0261. The monoisotopic (exact) mass is 581 g/mol. The third-order valence-electron chi connectivity index (χ3n) is 9.36. The van der Waals surface area contributed by atoms with E-state index in [1.807, 2.05) is 6.07 Å². The maximum atomic E-state index is 13.5. The number of unbranched alkanes of at least 4 members (excludes halogenated alkanes) is 4. The number of anilines is 3. The molecule has 1 aromatic heterocycles. The predicted molar refractivity (Wildman–Crippen MR) is 175 cm³/mol. The lowest BCUT2D eigenvalue weighted by atomic mass is 9.92. The number of carbonyl (C=O) groups is 1. The summed E-state index contributed by atoms with van der Waals surface area (Å²) < 4.78 is 12.0. The number of ketones is 1. The summed E-state index contributed by atoms with van der Waals surface area (Å²) in [5, 5.41) is 3.60.